The van der Waals surface area contributed by atoms with Crippen molar-refractivity contribution in [3.8, 4) is 0 Å². The zero-order chi connectivity index (χ0) is 11.1. The average molecular weight is 209 g/mol. The van der Waals surface area contributed by atoms with Crippen molar-refractivity contribution in [1.29, 1.82) is 0 Å². The minimum absolute atomic E-state index is 0.778. The van der Waals surface area contributed by atoms with Gasteiger partial charge in [-0.1, -0.05) is 0 Å². The van der Waals surface area contributed by atoms with Crippen LogP contribution >= 0.6 is 0 Å². The van der Waals surface area contributed by atoms with Crippen molar-refractivity contribution in [2.24, 2.45) is 0 Å². The molecule has 0 aliphatic carbocycles. The number of nitrogens with one attached hydrogen (secondary N) is 3. The molecule has 0 fully saturated rings. The molecule has 1 aromatic heterocycles. The maximum Gasteiger partial charge on any atom is 0.131 e. The molecule has 84 valence electrons. The number of nitrogens with zero attached hydrogens (tertiary/aromatic N) is 2. The van der Waals surface area contributed by atoms with Crippen molar-refractivity contribution in [2.75, 3.05) is 37.3 Å². The molecule has 1 aromatic rings. The molecule has 1 heterocycles. The standard InChI is InChI=1S/C10H19N5/c1-4-12-9-7-10(13-6-5-11-3)15-8(2)14-9/h7,11H,4-6H2,1-3H3,(H2,12,13,14,15). The molecular weight excluding hydrogens is 190 g/mol. The van der Waals surface area contributed by atoms with Gasteiger partial charge in [0.25, 0.3) is 0 Å². The third kappa shape index (κ3) is 4.12. The normalized spacial score (nSPS) is 10.1. The van der Waals surface area contributed by atoms with E-state index in [9.17, 15) is 0 Å². The summed E-state index contributed by atoms with van der Waals surface area (Å²) in [5, 5.41) is 9.47. The zero-order valence-corrected chi connectivity index (χ0v) is 9.59. The molecule has 1 rings (SSSR count). The fourth-order valence-corrected chi connectivity index (χ4v) is 1.25. The summed E-state index contributed by atoms with van der Waals surface area (Å²) in [5.41, 5.74) is 0. The smallest absolute Gasteiger partial charge is 0.131 e. The Morgan fingerprint density at radius 1 is 1.13 bits per heavy atom. The van der Waals surface area contributed by atoms with Gasteiger partial charge in [-0.05, 0) is 20.9 Å². The predicted molar refractivity (Wildman–Crippen MR) is 63.3 cm³/mol. The lowest BCUT2D eigenvalue weighted by molar-refractivity contribution is 0.820. The number of anilines is 2. The van der Waals surface area contributed by atoms with Crippen molar-refractivity contribution in [3.05, 3.63) is 11.9 Å². The summed E-state index contributed by atoms with van der Waals surface area (Å²) >= 11 is 0. The van der Waals surface area contributed by atoms with Gasteiger partial charge in [-0.25, -0.2) is 9.97 Å². The molecule has 0 bridgehead atoms. The van der Waals surface area contributed by atoms with Crippen LogP contribution in [0.5, 0.6) is 0 Å². The van der Waals surface area contributed by atoms with Crippen molar-refractivity contribution in [1.82, 2.24) is 15.3 Å². The molecule has 0 radical (unpaired) electrons. The van der Waals surface area contributed by atoms with E-state index < -0.39 is 0 Å². The molecule has 0 aliphatic heterocycles. The Labute approximate surface area is 90.7 Å². The van der Waals surface area contributed by atoms with Crippen LogP contribution in [-0.2, 0) is 0 Å². The van der Waals surface area contributed by atoms with Crippen LogP contribution in [0.1, 0.15) is 12.7 Å². The Morgan fingerprint density at radius 2 is 1.80 bits per heavy atom. The van der Waals surface area contributed by atoms with Gasteiger partial charge in [0.15, 0.2) is 0 Å². The van der Waals surface area contributed by atoms with Gasteiger partial charge < -0.3 is 16.0 Å². The molecule has 3 N–H and O–H groups in total. The van der Waals surface area contributed by atoms with Gasteiger partial charge in [0.1, 0.15) is 17.5 Å². The van der Waals surface area contributed by atoms with Crippen molar-refractivity contribution < 1.29 is 0 Å². The van der Waals surface area contributed by atoms with Crippen LogP contribution < -0.4 is 16.0 Å². The predicted octanol–water partition coefficient (Wildman–Crippen LogP) is 0.848. The molecule has 0 atom stereocenters. The minimum Gasteiger partial charge on any atom is -0.370 e. The van der Waals surface area contributed by atoms with E-state index in [4.69, 9.17) is 0 Å². The molecule has 5 heteroatoms. The molecule has 0 amide bonds. The van der Waals surface area contributed by atoms with E-state index in [2.05, 4.69) is 25.9 Å². The molecular formula is C10H19N5. The highest BCUT2D eigenvalue weighted by atomic mass is 15.1. The van der Waals surface area contributed by atoms with Crippen LogP contribution in [0.2, 0.25) is 0 Å². The van der Waals surface area contributed by atoms with Crippen LogP contribution in [0.3, 0.4) is 0 Å². The molecule has 0 unspecified atom stereocenters. The lowest BCUT2D eigenvalue weighted by Gasteiger charge is -2.08. The number of aromatic nitrogens is 2. The van der Waals surface area contributed by atoms with E-state index in [1.807, 2.05) is 27.0 Å². The monoisotopic (exact) mass is 209 g/mol. The number of hydrogen-bond acceptors (Lipinski definition) is 5. The average Bonchev–Trinajstić information content (AvgIpc) is 2.18. The number of aryl methyl sites for hydroxylation is 1. The van der Waals surface area contributed by atoms with Crippen LogP contribution in [-0.4, -0.2) is 36.6 Å². The second-order valence-electron chi connectivity index (χ2n) is 3.25. The fourth-order valence-electron chi connectivity index (χ4n) is 1.25. The van der Waals surface area contributed by atoms with Gasteiger partial charge in [-0.15, -0.1) is 0 Å². The molecule has 0 saturated heterocycles. The highest BCUT2D eigenvalue weighted by Crippen LogP contribution is 2.10. The van der Waals surface area contributed by atoms with Crippen molar-refractivity contribution >= 4 is 11.6 Å². The van der Waals surface area contributed by atoms with E-state index in [-0.39, 0.29) is 0 Å². The Morgan fingerprint density at radius 3 is 2.40 bits per heavy atom. The largest absolute Gasteiger partial charge is 0.370 e. The molecule has 0 spiro atoms. The minimum atomic E-state index is 0.778. The Kier molecular flexibility index (Phi) is 4.83. The highest BCUT2D eigenvalue weighted by Gasteiger charge is 1.99. The Balaban J connectivity index is 2.62. The van der Waals surface area contributed by atoms with E-state index >= 15 is 0 Å². The van der Waals surface area contributed by atoms with E-state index in [1.54, 1.807) is 0 Å². The van der Waals surface area contributed by atoms with E-state index in [1.165, 1.54) is 0 Å². The molecule has 0 saturated carbocycles. The molecule has 0 aliphatic rings. The second-order valence-corrected chi connectivity index (χ2v) is 3.25. The first kappa shape index (κ1) is 11.7. The third-order valence-corrected chi connectivity index (χ3v) is 1.88. The van der Waals surface area contributed by atoms with Crippen LogP contribution in [0.4, 0.5) is 11.6 Å². The van der Waals surface area contributed by atoms with Crippen molar-refractivity contribution in [2.45, 2.75) is 13.8 Å². The SMILES string of the molecule is CCNc1cc(NCCNC)nc(C)n1. The number of rotatable bonds is 6. The summed E-state index contributed by atoms with van der Waals surface area (Å²) in [6.45, 7) is 6.58. The zero-order valence-electron chi connectivity index (χ0n) is 9.59. The summed E-state index contributed by atoms with van der Waals surface area (Å²) in [6.07, 6.45) is 0. The third-order valence-electron chi connectivity index (χ3n) is 1.88. The summed E-state index contributed by atoms with van der Waals surface area (Å²) in [4.78, 5) is 8.57. The van der Waals surface area contributed by atoms with Crippen LogP contribution in [0.15, 0.2) is 6.07 Å². The molecule has 15 heavy (non-hydrogen) atoms. The van der Waals surface area contributed by atoms with Gasteiger partial charge in [-0.2, -0.15) is 0 Å². The van der Waals surface area contributed by atoms with Gasteiger partial charge in [0.2, 0.25) is 0 Å². The Hall–Kier alpha value is -1.36. The summed E-state index contributed by atoms with van der Waals surface area (Å²) in [7, 11) is 1.93. The quantitative estimate of drug-likeness (QED) is 0.606. The van der Waals surface area contributed by atoms with Gasteiger partial charge >= 0.3 is 0 Å². The van der Waals surface area contributed by atoms with Crippen LogP contribution in [0.25, 0.3) is 0 Å². The van der Waals surface area contributed by atoms with Crippen LogP contribution in [0, 0.1) is 6.92 Å². The first-order valence-corrected chi connectivity index (χ1v) is 5.24. The second kappa shape index (κ2) is 6.19. The van der Waals surface area contributed by atoms with E-state index in [0.29, 0.717) is 0 Å². The first-order chi connectivity index (χ1) is 7.26. The molecule has 5 nitrogen and oxygen atoms in total. The highest BCUT2D eigenvalue weighted by molar-refractivity contribution is 5.47. The maximum absolute atomic E-state index is 4.30. The van der Waals surface area contributed by atoms with Gasteiger partial charge in [-0.3, -0.25) is 0 Å². The summed E-state index contributed by atoms with van der Waals surface area (Å²) in [6, 6.07) is 1.92. The number of likely N-dealkylation sites (N-methyl/N-ethyl adjacent to an activating group) is 1. The topological polar surface area (TPSA) is 61.9 Å². The Bertz CT molecular complexity index is 300. The first-order valence-electron chi connectivity index (χ1n) is 5.24. The van der Waals surface area contributed by atoms with Gasteiger partial charge in [0, 0.05) is 25.7 Å². The lowest BCUT2D eigenvalue weighted by Crippen LogP contribution is -2.18. The lowest BCUT2D eigenvalue weighted by atomic mass is 10.4. The van der Waals surface area contributed by atoms with E-state index in [0.717, 1.165) is 37.1 Å². The number of hydrogen-bond donors (Lipinski definition) is 3. The van der Waals surface area contributed by atoms with Crippen molar-refractivity contribution in [3.63, 3.8) is 0 Å². The summed E-state index contributed by atoms with van der Waals surface area (Å²) in [5.74, 6) is 2.52. The molecule has 0 aromatic carbocycles. The summed E-state index contributed by atoms with van der Waals surface area (Å²) < 4.78 is 0. The van der Waals surface area contributed by atoms with Gasteiger partial charge in [0.05, 0.1) is 0 Å². The maximum atomic E-state index is 4.30. The fraction of sp³-hybridized carbons (Fsp3) is 0.600.